The first-order chi connectivity index (χ1) is 23.8. The molecule has 0 N–H and O–H groups in total. The summed E-state index contributed by atoms with van der Waals surface area (Å²) in [5.41, 5.74) is 19.2. The fourth-order valence-corrected chi connectivity index (χ4v) is 8.42. The van der Waals surface area contributed by atoms with E-state index < -0.39 is 0 Å². The van der Waals surface area contributed by atoms with Crippen molar-refractivity contribution in [3.63, 3.8) is 0 Å². The summed E-state index contributed by atoms with van der Waals surface area (Å²) in [6, 6.07) is 60.5. The highest BCUT2D eigenvalue weighted by molar-refractivity contribution is 5.88. The van der Waals surface area contributed by atoms with Crippen molar-refractivity contribution >= 4 is 17.1 Å². The molecule has 2 aliphatic carbocycles. The molecule has 0 aromatic heterocycles. The standard InChI is InChI=1S/C48H39N/c1-47(2)43-19-10-8-17-39(43)41-27-23-35(30-45(41)47)33-21-24-36(25-22-33)49(37-16-12-15-34(29-37)32-13-6-5-7-14-32)38-26-28-42-40-18-9-11-20-44(40)48(3,4)46(42)31-38/h5-31H,1-4H3. The van der Waals surface area contributed by atoms with Crippen LogP contribution in [0.4, 0.5) is 17.1 Å². The summed E-state index contributed by atoms with van der Waals surface area (Å²) in [4.78, 5) is 2.41. The van der Waals surface area contributed by atoms with Crippen molar-refractivity contribution in [1.29, 1.82) is 0 Å². The van der Waals surface area contributed by atoms with Gasteiger partial charge in [-0.15, -0.1) is 0 Å². The van der Waals surface area contributed by atoms with Gasteiger partial charge in [-0.25, -0.2) is 0 Å². The lowest BCUT2D eigenvalue weighted by Crippen LogP contribution is -2.16. The third kappa shape index (κ3) is 4.60. The van der Waals surface area contributed by atoms with Crippen LogP contribution >= 0.6 is 0 Å². The lowest BCUT2D eigenvalue weighted by atomic mass is 9.81. The highest BCUT2D eigenvalue weighted by atomic mass is 15.1. The van der Waals surface area contributed by atoms with Gasteiger partial charge in [0, 0.05) is 27.9 Å². The smallest absolute Gasteiger partial charge is 0.0467 e. The molecule has 0 heterocycles. The van der Waals surface area contributed by atoms with Crippen LogP contribution in [0.2, 0.25) is 0 Å². The maximum absolute atomic E-state index is 2.42. The van der Waals surface area contributed by atoms with Crippen LogP contribution in [0.5, 0.6) is 0 Å². The SMILES string of the molecule is CC1(C)c2ccccc2-c2ccc(-c3ccc(N(c4cccc(-c5ccccc5)c4)c4ccc5c(c4)C(C)(C)c4ccccc4-5)cc3)cc21. The molecule has 0 radical (unpaired) electrons. The lowest BCUT2D eigenvalue weighted by molar-refractivity contribution is 0.660. The second-order valence-electron chi connectivity index (χ2n) is 14.6. The van der Waals surface area contributed by atoms with Crippen LogP contribution in [-0.4, -0.2) is 0 Å². The first-order valence-corrected chi connectivity index (χ1v) is 17.4. The number of hydrogen-bond donors (Lipinski definition) is 0. The second-order valence-corrected chi connectivity index (χ2v) is 14.6. The van der Waals surface area contributed by atoms with E-state index in [9.17, 15) is 0 Å². The Morgan fingerprint density at radius 2 is 0.755 bits per heavy atom. The molecular formula is C48H39N. The minimum absolute atomic E-state index is 0.0244. The van der Waals surface area contributed by atoms with Crippen molar-refractivity contribution in [1.82, 2.24) is 0 Å². The molecule has 0 atom stereocenters. The fraction of sp³-hybridized carbons (Fsp3) is 0.125. The van der Waals surface area contributed by atoms with E-state index in [0.29, 0.717) is 0 Å². The van der Waals surface area contributed by atoms with Crippen LogP contribution in [0.1, 0.15) is 49.9 Å². The first-order valence-electron chi connectivity index (χ1n) is 17.4. The molecule has 7 aromatic rings. The Morgan fingerprint density at radius 3 is 1.43 bits per heavy atom. The molecule has 1 heteroatoms. The molecule has 0 spiro atoms. The number of rotatable bonds is 5. The Bertz CT molecular complexity index is 2380. The Kier molecular flexibility index (Phi) is 6.58. The van der Waals surface area contributed by atoms with Crippen LogP contribution in [0.3, 0.4) is 0 Å². The maximum Gasteiger partial charge on any atom is 0.0467 e. The molecule has 236 valence electrons. The summed E-state index contributed by atoms with van der Waals surface area (Å²) in [6.07, 6.45) is 0. The molecule has 0 bridgehead atoms. The van der Waals surface area contributed by atoms with Crippen LogP contribution in [0, 0.1) is 0 Å². The predicted octanol–water partition coefficient (Wildman–Crippen LogP) is 13.1. The number of hydrogen-bond acceptors (Lipinski definition) is 1. The van der Waals surface area contributed by atoms with Gasteiger partial charge in [-0.1, -0.05) is 149 Å². The zero-order valence-corrected chi connectivity index (χ0v) is 28.5. The minimum atomic E-state index is -0.0790. The number of anilines is 3. The van der Waals surface area contributed by atoms with Crippen LogP contribution in [0.15, 0.2) is 164 Å². The third-order valence-electron chi connectivity index (χ3n) is 11.1. The van der Waals surface area contributed by atoms with Crippen LogP contribution in [-0.2, 0) is 10.8 Å². The molecule has 0 amide bonds. The molecule has 49 heavy (non-hydrogen) atoms. The summed E-state index contributed by atoms with van der Waals surface area (Å²) < 4.78 is 0. The van der Waals surface area contributed by atoms with Crippen LogP contribution in [0.25, 0.3) is 44.5 Å². The molecule has 7 aromatic carbocycles. The number of fused-ring (bicyclic) bond motifs is 6. The van der Waals surface area contributed by atoms with E-state index in [4.69, 9.17) is 0 Å². The summed E-state index contributed by atoms with van der Waals surface area (Å²) in [5.74, 6) is 0. The molecular weight excluding hydrogens is 591 g/mol. The van der Waals surface area contributed by atoms with Crippen molar-refractivity contribution in [3.05, 3.63) is 186 Å². The van der Waals surface area contributed by atoms with Crippen molar-refractivity contribution in [3.8, 4) is 44.5 Å². The lowest BCUT2D eigenvalue weighted by Gasteiger charge is -2.28. The molecule has 9 rings (SSSR count). The van der Waals surface area contributed by atoms with E-state index in [1.54, 1.807) is 0 Å². The van der Waals surface area contributed by atoms with Gasteiger partial charge >= 0.3 is 0 Å². The molecule has 1 nitrogen and oxygen atoms in total. The minimum Gasteiger partial charge on any atom is -0.310 e. The molecule has 0 saturated carbocycles. The molecule has 0 aliphatic heterocycles. The van der Waals surface area contributed by atoms with Gasteiger partial charge in [-0.05, 0) is 109 Å². The Labute approximate surface area is 290 Å². The maximum atomic E-state index is 2.42. The zero-order valence-electron chi connectivity index (χ0n) is 28.5. The molecule has 0 saturated heterocycles. The summed E-state index contributed by atoms with van der Waals surface area (Å²) in [6.45, 7) is 9.41. The van der Waals surface area contributed by atoms with Gasteiger partial charge in [0.15, 0.2) is 0 Å². The fourth-order valence-electron chi connectivity index (χ4n) is 8.42. The van der Waals surface area contributed by atoms with Gasteiger partial charge in [-0.3, -0.25) is 0 Å². The Hall–Kier alpha value is -5.66. The Morgan fingerprint density at radius 1 is 0.306 bits per heavy atom. The highest BCUT2D eigenvalue weighted by Crippen LogP contribution is 2.52. The average Bonchev–Trinajstić information content (AvgIpc) is 3.52. The quantitative estimate of drug-likeness (QED) is 0.183. The van der Waals surface area contributed by atoms with Crippen molar-refractivity contribution in [2.45, 2.75) is 38.5 Å². The monoisotopic (exact) mass is 629 g/mol. The number of benzene rings is 7. The van der Waals surface area contributed by atoms with E-state index >= 15 is 0 Å². The van der Waals surface area contributed by atoms with E-state index in [1.165, 1.54) is 66.8 Å². The van der Waals surface area contributed by atoms with E-state index in [0.717, 1.165) is 17.1 Å². The van der Waals surface area contributed by atoms with Gasteiger partial charge in [0.2, 0.25) is 0 Å². The zero-order chi connectivity index (χ0) is 33.3. The van der Waals surface area contributed by atoms with E-state index in [1.807, 2.05) is 0 Å². The summed E-state index contributed by atoms with van der Waals surface area (Å²) in [5, 5.41) is 0. The van der Waals surface area contributed by atoms with Crippen LogP contribution < -0.4 is 4.90 Å². The van der Waals surface area contributed by atoms with E-state index in [2.05, 4.69) is 196 Å². The highest BCUT2D eigenvalue weighted by Gasteiger charge is 2.36. The number of nitrogens with zero attached hydrogens (tertiary/aromatic N) is 1. The molecule has 0 fully saturated rings. The molecule has 0 unspecified atom stereocenters. The normalized spacial score (nSPS) is 14.4. The van der Waals surface area contributed by atoms with Gasteiger partial charge in [0.05, 0.1) is 0 Å². The second kappa shape index (κ2) is 10.9. The largest absolute Gasteiger partial charge is 0.310 e. The topological polar surface area (TPSA) is 3.24 Å². The van der Waals surface area contributed by atoms with Gasteiger partial charge in [-0.2, -0.15) is 0 Å². The van der Waals surface area contributed by atoms with Gasteiger partial charge in [0.1, 0.15) is 0 Å². The van der Waals surface area contributed by atoms with Crippen molar-refractivity contribution < 1.29 is 0 Å². The average molecular weight is 630 g/mol. The van der Waals surface area contributed by atoms with Gasteiger partial charge in [0.25, 0.3) is 0 Å². The first kappa shape index (κ1) is 29.5. The summed E-state index contributed by atoms with van der Waals surface area (Å²) >= 11 is 0. The van der Waals surface area contributed by atoms with E-state index in [-0.39, 0.29) is 10.8 Å². The Balaban J connectivity index is 1.15. The van der Waals surface area contributed by atoms with Gasteiger partial charge < -0.3 is 4.90 Å². The van der Waals surface area contributed by atoms with Crippen molar-refractivity contribution in [2.24, 2.45) is 0 Å². The predicted molar refractivity (Wildman–Crippen MR) is 207 cm³/mol. The third-order valence-corrected chi connectivity index (χ3v) is 11.1. The molecule has 2 aliphatic rings. The van der Waals surface area contributed by atoms with Crippen molar-refractivity contribution in [2.75, 3.05) is 4.90 Å². The summed E-state index contributed by atoms with van der Waals surface area (Å²) in [7, 11) is 0.